The zero-order valence-electron chi connectivity index (χ0n) is 7.04. The van der Waals surface area contributed by atoms with Gasteiger partial charge in [0.1, 0.15) is 6.54 Å². The fourth-order valence-corrected chi connectivity index (χ4v) is 1.31. The summed E-state index contributed by atoms with van der Waals surface area (Å²) in [5.74, 6) is -3.00. The Morgan fingerprint density at radius 3 is 2.50 bits per heavy atom. The summed E-state index contributed by atoms with van der Waals surface area (Å²) in [6, 6.07) is 0. The minimum Gasteiger partial charge on any atom is -0.481 e. The van der Waals surface area contributed by atoms with Crippen molar-refractivity contribution in [2.75, 3.05) is 13.1 Å². The molecule has 0 unspecified atom stereocenters. The third-order valence-electron chi connectivity index (χ3n) is 1.93. The van der Waals surface area contributed by atoms with E-state index in [9.17, 15) is 22.8 Å². The molecule has 1 rings (SSSR count). The first-order valence-electron chi connectivity index (χ1n) is 3.87. The van der Waals surface area contributed by atoms with E-state index in [2.05, 4.69) is 0 Å². The predicted octanol–water partition coefficient (Wildman–Crippen LogP) is 0.482. The van der Waals surface area contributed by atoms with E-state index in [0.717, 1.165) is 0 Å². The van der Waals surface area contributed by atoms with Gasteiger partial charge in [-0.3, -0.25) is 9.59 Å². The Balaban J connectivity index is 2.58. The fraction of sp³-hybridized carbons (Fsp3) is 0.714. The Kier molecular flexibility index (Phi) is 2.68. The van der Waals surface area contributed by atoms with Crippen molar-refractivity contribution in [1.29, 1.82) is 0 Å². The standard InChI is InChI=1S/C7H8F3NO3/c8-7(9,10)3-11-2-4(6(13)14)1-5(11)12/h4H,1-3H2,(H,13,14)/t4-/m0/s1. The maximum Gasteiger partial charge on any atom is 0.406 e. The first-order valence-corrected chi connectivity index (χ1v) is 3.87. The first kappa shape index (κ1) is 10.8. The summed E-state index contributed by atoms with van der Waals surface area (Å²) in [5, 5.41) is 8.49. The fourth-order valence-electron chi connectivity index (χ4n) is 1.31. The van der Waals surface area contributed by atoms with Crippen molar-refractivity contribution in [2.24, 2.45) is 5.92 Å². The third kappa shape index (κ3) is 2.61. The van der Waals surface area contributed by atoms with E-state index in [1.54, 1.807) is 0 Å². The molecule has 1 aliphatic rings. The summed E-state index contributed by atoms with van der Waals surface area (Å²) < 4.78 is 35.6. The van der Waals surface area contributed by atoms with Crippen LogP contribution in [-0.2, 0) is 9.59 Å². The summed E-state index contributed by atoms with van der Waals surface area (Å²) in [4.78, 5) is 21.9. The van der Waals surface area contributed by atoms with E-state index in [1.165, 1.54) is 0 Å². The van der Waals surface area contributed by atoms with E-state index < -0.39 is 30.5 Å². The zero-order chi connectivity index (χ0) is 10.9. The molecule has 1 amide bonds. The Hall–Kier alpha value is -1.27. The van der Waals surface area contributed by atoms with Crippen LogP contribution >= 0.6 is 0 Å². The lowest BCUT2D eigenvalue weighted by Crippen LogP contribution is -2.35. The molecule has 0 aromatic heterocycles. The highest BCUT2D eigenvalue weighted by Gasteiger charge is 2.40. The summed E-state index contributed by atoms with van der Waals surface area (Å²) in [5.41, 5.74) is 0. The van der Waals surface area contributed by atoms with Crippen LogP contribution in [0.4, 0.5) is 13.2 Å². The van der Waals surface area contributed by atoms with Crippen LogP contribution in [0.5, 0.6) is 0 Å². The van der Waals surface area contributed by atoms with Gasteiger partial charge in [0.2, 0.25) is 5.91 Å². The van der Waals surface area contributed by atoms with Gasteiger partial charge in [0, 0.05) is 13.0 Å². The van der Waals surface area contributed by atoms with Gasteiger partial charge in [-0.15, -0.1) is 0 Å². The average Bonchev–Trinajstić information content (AvgIpc) is 2.29. The number of rotatable bonds is 2. The maximum absolute atomic E-state index is 11.9. The van der Waals surface area contributed by atoms with Crippen LogP contribution in [0.15, 0.2) is 0 Å². The van der Waals surface area contributed by atoms with Crippen LogP contribution in [-0.4, -0.2) is 41.1 Å². The number of alkyl halides is 3. The monoisotopic (exact) mass is 211 g/mol. The molecule has 0 spiro atoms. The van der Waals surface area contributed by atoms with Gasteiger partial charge in [0.05, 0.1) is 5.92 Å². The maximum atomic E-state index is 11.9. The van der Waals surface area contributed by atoms with E-state index in [0.29, 0.717) is 4.90 Å². The van der Waals surface area contributed by atoms with Gasteiger partial charge in [-0.2, -0.15) is 13.2 Å². The van der Waals surface area contributed by atoms with Gasteiger partial charge in [-0.25, -0.2) is 0 Å². The van der Waals surface area contributed by atoms with Crippen LogP contribution in [0, 0.1) is 5.92 Å². The van der Waals surface area contributed by atoms with Crippen molar-refractivity contribution in [2.45, 2.75) is 12.6 Å². The van der Waals surface area contributed by atoms with E-state index in [1.807, 2.05) is 0 Å². The Morgan fingerprint density at radius 1 is 1.57 bits per heavy atom. The van der Waals surface area contributed by atoms with Crippen molar-refractivity contribution >= 4 is 11.9 Å². The van der Waals surface area contributed by atoms with Gasteiger partial charge < -0.3 is 10.0 Å². The molecule has 0 radical (unpaired) electrons. The number of nitrogens with zero attached hydrogens (tertiary/aromatic N) is 1. The minimum absolute atomic E-state index is 0.342. The van der Waals surface area contributed by atoms with Gasteiger partial charge in [-0.05, 0) is 0 Å². The number of carboxylic acid groups (broad SMARTS) is 1. The SMILES string of the molecule is O=C(O)[C@H]1CC(=O)N(CC(F)(F)F)C1. The molecule has 0 aromatic rings. The molecule has 80 valence electrons. The summed E-state index contributed by atoms with van der Waals surface area (Å²) in [6.45, 7) is -1.72. The molecule has 0 saturated carbocycles. The van der Waals surface area contributed by atoms with Crippen LogP contribution in [0.25, 0.3) is 0 Å². The number of hydrogen-bond acceptors (Lipinski definition) is 2. The molecular weight excluding hydrogens is 203 g/mol. The van der Waals surface area contributed by atoms with E-state index in [4.69, 9.17) is 5.11 Å². The highest BCUT2D eigenvalue weighted by Crippen LogP contribution is 2.23. The van der Waals surface area contributed by atoms with Crippen molar-refractivity contribution in [3.63, 3.8) is 0 Å². The topological polar surface area (TPSA) is 57.6 Å². The average molecular weight is 211 g/mol. The van der Waals surface area contributed by atoms with Gasteiger partial charge >= 0.3 is 12.1 Å². The molecule has 1 aliphatic heterocycles. The number of aliphatic carboxylic acids is 1. The van der Waals surface area contributed by atoms with Crippen molar-refractivity contribution in [3.05, 3.63) is 0 Å². The molecule has 1 atom stereocenters. The highest BCUT2D eigenvalue weighted by atomic mass is 19.4. The second kappa shape index (κ2) is 3.47. The lowest BCUT2D eigenvalue weighted by Gasteiger charge is -2.17. The molecule has 7 heteroatoms. The van der Waals surface area contributed by atoms with Crippen molar-refractivity contribution in [1.82, 2.24) is 4.90 Å². The van der Waals surface area contributed by atoms with Crippen molar-refractivity contribution < 1.29 is 27.9 Å². The molecule has 14 heavy (non-hydrogen) atoms. The lowest BCUT2D eigenvalue weighted by atomic mass is 10.1. The molecule has 1 saturated heterocycles. The smallest absolute Gasteiger partial charge is 0.406 e. The molecule has 4 nitrogen and oxygen atoms in total. The van der Waals surface area contributed by atoms with Crippen LogP contribution in [0.1, 0.15) is 6.42 Å². The van der Waals surface area contributed by atoms with Crippen LogP contribution in [0.2, 0.25) is 0 Å². The third-order valence-corrected chi connectivity index (χ3v) is 1.93. The number of carboxylic acids is 1. The van der Waals surface area contributed by atoms with Gasteiger partial charge in [0.25, 0.3) is 0 Å². The molecule has 1 N–H and O–H groups in total. The number of likely N-dealkylation sites (tertiary alicyclic amines) is 1. The largest absolute Gasteiger partial charge is 0.481 e. The molecule has 0 bridgehead atoms. The molecule has 1 heterocycles. The summed E-state index contributed by atoms with van der Waals surface area (Å²) >= 11 is 0. The van der Waals surface area contributed by atoms with Crippen LogP contribution in [0.3, 0.4) is 0 Å². The van der Waals surface area contributed by atoms with E-state index in [-0.39, 0.29) is 13.0 Å². The molecule has 0 aromatic carbocycles. The first-order chi connectivity index (χ1) is 6.29. The van der Waals surface area contributed by atoms with Gasteiger partial charge in [0.15, 0.2) is 0 Å². The normalized spacial score (nSPS) is 22.9. The molecular formula is C7H8F3NO3. The van der Waals surface area contributed by atoms with Gasteiger partial charge in [-0.1, -0.05) is 0 Å². The Morgan fingerprint density at radius 2 is 2.14 bits per heavy atom. The highest BCUT2D eigenvalue weighted by molar-refractivity contribution is 5.86. The summed E-state index contributed by atoms with van der Waals surface area (Å²) in [7, 11) is 0. The Labute approximate surface area is 77.3 Å². The van der Waals surface area contributed by atoms with Crippen LogP contribution < -0.4 is 0 Å². The van der Waals surface area contributed by atoms with Crippen molar-refractivity contribution in [3.8, 4) is 0 Å². The Bertz CT molecular complexity index is 263. The lowest BCUT2D eigenvalue weighted by molar-refractivity contribution is -0.157. The number of carbonyl (C=O) groups is 2. The second-order valence-electron chi connectivity index (χ2n) is 3.13. The number of amides is 1. The predicted molar refractivity (Wildman–Crippen MR) is 38.4 cm³/mol. The molecule has 0 aliphatic carbocycles. The minimum atomic E-state index is -4.47. The number of hydrogen-bond donors (Lipinski definition) is 1. The number of carbonyl (C=O) groups excluding carboxylic acids is 1. The quantitative estimate of drug-likeness (QED) is 0.722. The second-order valence-corrected chi connectivity index (χ2v) is 3.13. The molecule has 1 fully saturated rings. The summed E-state index contributed by atoms with van der Waals surface area (Å²) in [6.07, 6.45) is -4.81. The zero-order valence-corrected chi connectivity index (χ0v) is 7.04. The number of halogens is 3. The van der Waals surface area contributed by atoms with E-state index >= 15 is 0 Å².